The summed E-state index contributed by atoms with van der Waals surface area (Å²) in [5, 5.41) is 3.44. The molecule has 21 heavy (non-hydrogen) atoms. The summed E-state index contributed by atoms with van der Waals surface area (Å²) in [5.74, 6) is 0.964. The van der Waals surface area contributed by atoms with Gasteiger partial charge in [0, 0.05) is 30.7 Å². The van der Waals surface area contributed by atoms with Crippen LogP contribution in [0.25, 0.3) is 0 Å². The van der Waals surface area contributed by atoms with E-state index in [0.29, 0.717) is 12.1 Å². The van der Waals surface area contributed by atoms with Gasteiger partial charge in [-0.25, -0.2) is 0 Å². The minimum Gasteiger partial charge on any atom is -0.496 e. The molecule has 1 saturated heterocycles. The Bertz CT molecular complexity index is 438. The maximum atomic E-state index is 5.51. The summed E-state index contributed by atoms with van der Waals surface area (Å²) >= 11 is 0. The van der Waals surface area contributed by atoms with E-state index < -0.39 is 0 Å². The number of hydrogen-bond acceptors (Lipinski definition) is 4. The van der Waals surface area contributed by atoms with Crippen molar-refractivity contribution in [1.82, 2.24) is 15.1 Å². The summed E-state index contributed by atoms with van der Waals surface area (Å²) in [5.41, 5.74) is 1.23. The average molecular weight is 291 g/mol. The normalized spacial score (nSPS) is 21.5. The third kappa shape index (κ3) is 4.19. The van der Waals surface area contributed by atoms with Gasteiger partial charge in [-0.05, 0) is 46.6 Å². The Labute approximate surface area is 129 Å². The molecule has 2 atom stereocenters. The lowest BCUT2D eigenvalue weighted by Crippen LogP contribution is -2.47. The number of ether oxygens (including phenoxy) is 1. The molecule has 0 saturated carbocycles. The van der Waals surface area contributed by atoms with Crippen molar-refractivity contribution in [3.63, 3.8) is 0 Å². The lowest BCUT2D eigenvalue weighted by molar-refractivity contribution is 0.126. The Kier molecular flexibility index (Phi) is 6.03. The standard InChI is InChI=1S/C17H29N3O/c1-18-16(15-9-5-6-10-17(15)21-4)13-20(3)14-8-7-11-19(2)12-14/h5-6,9-10,14,16,18H,7-8,11-13H2,1-4H3. The van der Waals surface area contributed by atoms with E-state index in [1.165, 1.54) is 31.5 Å². The van der Waals surface area contributed by atoms with Crippen molar-refractivity contribution in [3.05, 3.63) is 29.8 Å². The number of hydrogen-bond donors (Lipinski definition) is 1. The fourth-order valence-corrected chi connectivity index (χ4v) is 3.24. The zero-order chi connectivity index (χ0) is 15.2. The lowest BCUT2D eigenvalue weighted by atomic mass is 10.0. The molecule has 0 aromatic heterocycles. The molecule has 0 spiro atoms. The van der Waals surface area contributed by atoms with Gasteiger partial charge in [-0.2, -0.15) is 0 Å². The third-order valence-electron chi connectivity index (χ3n) is 4.56. The highest BCUT2D eigenvalue weighted by Crippen LogP contribution is 2.26. The Morgan fingerprint density at radius 2 is 2.19 bits per heavy atom. The Hall–Kier alpha value is -1.10. The second-order valence-electron chi connectivity index (χ2n) is 6.08. The molecule has 2 unspecified atom stereocenters. The molecule has 1 fully saturated rings. The molecule has 1 aliphatic heterocycles. The number of methoxy groups -OCH3 is 1. The first-order valence-corrected chi connectivity index (χ1v) is 7.84. The largest absolute Gasteiger partial charge is 0.496 e. The zero-order valence-corrected chi connectivity index (χ0v) is 13.8. The first-order chi connectivity index (χ1) is 10.2. The van der Waals surface area contributed by atoms with Crippen LogP contribution in [0.5, 0.6) is 5.75 Å². The molecular formula is C17H29N3O. The van der Waals surface area contributed by atoms with Crippen molar-refractivity contribution in [2.75, 3.05) is 47.9 Å². The molecule has 118 valence electrons. The number of likely N-dealkylation sites (N-methyl/N-ethyl adjacent to an activating group) is 3. The first kappa shape index (κ1) is 16.3. The second-order valence-corrected chi connectivity index (χ2v) is 6.08. The van der Waals surface area contributed by atoms with Gasteiger partial charge in [0.1, 0.15) is 5.75 Å². The molecule has 0 aliphatic carbocycles. The predicted molar refractivity (Wildman–Crippen MR) is 87.9 cm³/mol. The number of nitrogens with one attached hydrogen (secondary N) is 1. The van der Waals surface area contributed by atoms with Crippen LogP contribution in [0.3, 0.4) is 0 Å². The smallest absolute Gasteiger partial charge is 0.123 e. The van der Waals surface area contributed by atoms with Crippen LogP contribution >= 0.6 is 0 Å². The molecule has 4 nitrogen and oxygen atoms in total. The van der Waals surface area contributed by atoms with Gasteiger partial charge in [-0.3, -0.25) is 0 Å². The van der Waals surface area contributed by atoms with Crippen LogP contribution in [0.15, 0.2) is 24.3 Å². The van der Waals surface area contributed by atoms with Crippen LogP contribution in [-0.2, 0) is 0 Å². The molecule has 2 rings (SSSR count). The topological polar surface area (TPSA) is 27.7 Å². The van der Waals surface area contributed by atoms with E-state index in [1.807, 2.05) is 19.2 Å². The van der Waals surface area contributed by atoms with Crippen LogP contribution < -0.4 is 10.1 Å². The maximum absolute atomic E-state index is 5.51. The van der Waals surface area contributed by atoms with Crippen molar-refractivity contribution in [3.8, 4) is 5.75 Å². The van der Waals surface area contributed by atoms with E-state index in [-0.39, 0.29) is 0 Å². The van der Waals surface area contributed by atoms with Crippen LogP contribution in [0.4, 0.5) is 0 Å². The monoisotopic (exact) mass is 291 g/mol. The van der Waals surface area contributed by atoms with Gasteiger partial charge in [0.2, 0.25) is 0 Å². The van der Waals surface area contributed by atoms with Gasteiger partial charge in [0.15, 0.2) is 0 Å². The van der Waals surface area contributed by atoms with Crippen molar-refractivity contribution >= 4 is 0 Å². The first-order valence-electron chi connectivity index (χ1n) is 7.84. The number of piperidine rings is 1. The van der Waals surface area contributed by atoms with Gasteiger partial charge >= 0.3 is 0 Å². The van der Waals surface area contributed by atoms with Crippen LogP contribution in [0, 0.1) is 0 Å². The summed E-state index contributed by atoms with van der Waals surface area (Å²) in [6.45, 7) is 3.39. The molecule has 1 aromatic carbocycles. The van der Waals surface area contributed by atoms with Crippen LogP contribution in [-0.4, -0.2) is 63.7 Å². The number of nitrogens with zero attached hydrogens (tertiary/aromatic N) is 2. The average Bonchev–Trinajstić information content (AvgIpc) is 2.52. The fourth-order valence-electron chi connectivity index (χ4n) is 3.24. The van der Waals surface area contributed by atoms with E-state index in [1.54, 1.807) is 7.11 Å². The van der Waals surface area contributed by atoms with Gasteiger partial charge in [-0.1, -0.05) is 18.2 Å². The molecule has 1 aromatic rings. The summed E-state index contributed by atoms with van der Waals surface area (Å²) in [6.07, 6.45) is 2.59. The molecule has 1 heterocycles. The second kappa shape index (κ2) is 7.78. The Balaban J connectivity index is 2.04. The van der Waals surface area contributed by atoms with E-state index >= 15 is 0 Å². The van der Waals surface area contributed by atoms with E-state index in [2.05, 4.69) is 41.3 Å². The summed E-state index contributed by atoms with van der Waals surface area (Å²) in [7, 11) is 8.22. The van der Waals surface area contributed by atoms with Crippen molar-refractivity contribution < 1.29 is 4.74 Å². The Morgan fingerprint density at radius 1 is 1.43 bits per heavy atom. The number of likely N-dealkylation sites (tertiary alicyclic amines) is 1. The molecule has 0 radical (unpaired) electrons. The third-order valence-corrected chi connectivity index (χ3v) is 4.56. The lowest BCUT2D eigenvalue weighted by Gasteiger charge is -2.37. The zero-order valence-electron chi connectivity index (χ0n) is 13.8. The van der Waals surface area contributed by atoms with Crippen molar-refractivity contribution in [1.29, 1.82) is 0 Å². The molecule has 0 bridgehead atoms. The SMILES string of the molecule is CNC(CN(C)C1CCCN(C)C1)c1ccccc1OC. The van der Waals surface area contributed by atoms with E-state index in [4.69, 9.17) is 4.74 Å². The number of benzene rings is 1. The van der Waals surface area contributed by atoms with Gasteiger partial charge in [0.25, 0.3) is 0 Å². The van der Waals surface area contributed by atoms with Gasteiger partial charge in [0.05, 0.1) is 7.11 Å². The molecule has 1 aliphatic rings. The highest BCUT2D eigenvalue weighted by atomic mass is 16.5. The van der Waals surface area contributed by atoms with Crippen LogP contribution in [0.1, 0.15) is 24.4 Å². The van der Waals surface area contributed by atoms with Crippen molar-refractivity contribution in [2.24, 2.45) is 0 Å². The van der Waals surface area contributed by atoms with Gasteiger partial charge in [-0.15, -0.1) is 0 Å². The van der Waals surface area contributed by atoms with Crippen molar-refractivity contribution in [2.45, 2.75) is 24.9 Å². The summed E-state index contributed by atoms with van der Waals surface area (Å²) in [4.78, 5) is 4.92. The van der Waals surface area contributed by atoms with E-state index in [0.717, 1.165) is 12.3 Å². The predicted octanol–water partition coefficient (Wildman–Crippen LogP) is 1.98. The van der Waals surface area contributed by atoms with Crippen LogP contribution in [0.2, 0.25) is 0 Å². The fraction of sp³-hybridized carbons (Fsp3) is 0.647. The summed E-state index contributed by atoms with van der Waals surface area (Å²) in [6, 6.07) is 9.23. The Morgan fingerprint density at radius 3 is 2.86 bits per heavy atom. The van der Waals surface area contributed by atoms with E-state index in [9.17, 15) is 0 Å². The quantitative estimate of drug-likeness (QED) is 0.867. The highest BCUT2D eigenvalue weighted by Gasteiger charge is 2.24. The molecule has 4 heteroatoms. The maximum Gasteiger partial charge on any atom is 0.123 e. The minimum atomic E-state index is 0.290. The van der Waals surface area contributed by atoms with Gasteiger partial charge < -0.3 is 19.9 Å². The molecule has 0 amide bonds. The minimum absolute atomic E-state index is 0.290. The summed E-state index contributed by atoms with van der Waals surface area (Å²) < 4.78 is 5.51. The molecule has 1 N–H and O–H groups in total. The number of rotatable bonds is 6. The highest BCUT2D eigenvalue weighted by molar-refractivity contribution is 5.36. The number of para-hydroxylation sites is 1. The molecular weight excluding hydrogens is 262 g/mol.